The smallest absolute Gasteiger partial charge is 0.139 e. The van der Waals surface area contributed by atoms with Gasteiger partial charge in [-0.1, -0.05) is 13.8 Å². The fourth-order valence-electron chi connectivity index (χ4n) is 1.35. The highest BCUT2D eigenvalue weighted by atomic mass is 15.3. The van der Waals surface area contributed by atoms with Crippen molar-refractivity contribution in [3.05, 3.63) is 11.6 Å². The van der Waals surface area contributed by atoms with Gasteiger partial charge in [-0.25, -0.2) is 0 Å². The molecule has 0 unspecified atom stereocenters. The zero-order valence-corrected chi connectivity index (χ0v) is 8.83. The van der Waals surface area contributed by atoms with Crippen LogP contribution < -0.4 is 5.73 Å². The summed E-state index contributed by atoms with van der Waals surface area (Å²) in [6.45, 7) is 9.72. The van der Waals surface area contributed by atoms with E-state index in [0.717, 1.165) is 18.2 Å². The van der Waals surface area contributed by atoms with E-state index < -0.39 is 0 Å². The van der Waals surface area contributed by atoms with Gasteiger partial charge in [-0.3, -0.25) is 0 Å². The van der Waals surface area contributed by atoms with Gasteiger partial charge in [-0.2, -0.15) is 0 Å². The quantitative estimate of drug-likeness (QED) is 0.753. The lowest BCUT2D eigenvalue weighted by Gasteiger charge is -2.21. The Morgan fingerprint density at radius 1 is 1.38 bits per heavy atom. The van der Waals surface area contributed by atoms with Crippen molar-refractivity contribution >= 4 is 0 Å². The maximum atomic E-state index is 5.69. The van der Waals surface area contributed by atoms with Crippen LogP contribution in [0.4, 0.5) is 0 Å². The Labute approximate surface area is 79.2 Å². The summed E-state index contributed by atoms with van der Waals surface area (Å²) >= 11 is 0. The molecule has 0 aromatic carbocycles. The largest absolute Gasteiger partial charge is 0.329 e. The van der Waals surface area contributed by atoms with E-state index in [1.807, 2.05) is 6.92 Å². The summed E-state index contributed by atoms with van der Waals surface area (Å²) in [6, 6.07) is 0. The first-order valence-electron chi connectivity index (χ1n) is 4.63. The van der Waals surface area contributed by atoms with Crippen molar-refractivity contribution in [1.82, 2.24) is 14.8 Å². The lowest BCUT2D eigenvalue weighted by atomic mass is 9.92. The molecule has 0 atom stereocenters. The molecule has 0 amide bonds. The Kier molecular flexibility index (Phi) is 2.71. The number of rotatable bonds is 3. The molecule has 1 aromatic rings. The summed E-state index contributed by atoms with van der Waals surface area (Å²) in [6.07, 6.45) is 0. The number of hydrogen-bond acceptors (Lipinski definition) is 3. The molecule has 0 radical (unpaired) electrons. The molecule has 0 spiro atoms. The van der Waals surface area contributed by atoms with Gasteiger partial charge in [0.1, 0.15) is 11.6 Å². The predicted octanol–water partition coefficient (Wildman–Crippen LogP) is 0.843. The molecule has 74 valence electrons. The summed E-state index contributed by atoms with van der Waals surface area (Å²) in [5.41, 5.74) is 5.60. The molecule has 0 saturated carbocycles. The molecule has 1 heterocycles. The standard InChI is InChI=1S/C9H18N4/c1-5-13-7(2)11-12-8(13)9(3,4)6-10/h5-6,10H2,1-4H3. The van der Waals surface area contributed by atoms with Crippen molar-refractivity contribution in [2.45, 2.75) is 39.7 Å². The molecule has 0 aliphatic rings. The van der Waals surface area contributed by atoms with Crippen LogP contribution in [0.5, 0.6) is 0 Å². The molecule has 4 nitrogen and oxygen atoms in total. The van der Waals surface area contributed by atoms with Crippen LogP contribution >= 0.6 is 0 Å². The molecule has 2 N–H and O–H groups in total. The van der Waals surface area contributed by atoms with Gasteiger partial charge in [0.2, 0.25) is 0 Å². The lowest BCUT2D eigenvalue weighted by Crippen LogP contribution is -2.31. The minimum atomic E-state index is -0.0860. The monoisotopic (exact) mass is 182 g/mol. The maximum absolute atomic E-state index is 5.69. The van der Waals surface area contributed by atoms with Crippen LogP contribution in [0.25, 0.3) is 0 Å². The summed E-state index contributed by atoms with van der Waals surface area (Å²) in [4.78, 5) is 0. The van der Waals surface area contributed by atoms with Gasteiger partial charge >= 0.3 is 0 Å². The summed E-state index contributed by atoms with van der Waals surface area (Å²) in [7, 11) is 0. The van der Waals surface area contributed by atoms with Crippen LogP contribution in [0.2, 0.25) is 0 Å². The summed E-state index contributed by atoms with van der Waals surface area (Å²) < 4.78 is 2.10. The van der Waals surface area contributed by atoms with Crippen LogP contribution in [-0.4, -0.2) is 21.3 Å². The first kappa shape index (κ1) is 10.2. The van der Waals surface area contributed by atoms with Crippen LogP contribution in [0, 0.1) is 6.92 Å². The minimum Gasteiger partial charge on any atom is -0.329 e. The van der Waals surface area contributed by atoms with E-state index in [1.54, 1.807) is 0 Å². The molecular formula is C9H18N4. The Balaban J connectivity index is 3.14. The van der Waals surface area contributed by atoms with E-state index in [1.165, 1.54) is 0 Å². The molecule has 0 saturated heterocycles. The van der Waals surface area contributed by atoms with Gasteiger partial charge in [0, 0.05) is 18.5 Å². The highest BCUT2D eigenvalue weighted by Gasteiger charge is 2.25. The zero-order valence-electron chi connectivity index (χ0n) is 8.83. The Morgan fingerprint density at radius 3 is 2.46 bits per heavy atom. The molecule has 4 heteroatoms. The molecule has 13 heavy (non-hydrogen) atoms. The van der Waals surface area contributed by atoms with E-state index in [4.69, 9.17) is 5.73 Å². The third-order valence-corrected chi connectivity index (χ3v) is 2.37. The van der Waals surface area contributed by atoms with E-state index in [-0.39, 0.29) is 5.41 Å². The molecule has 1 rings (SSSR count). The lowest BCUT2D eigenvalue weighted by molar-refractivity contribution is 0.469. The second-order valence-electron chi connectivity index (χ2n) is 3.90. The van der Waals surface area contributed by atoms with Crippen LogP contribution in [0.3, 0.4) is 0 Å². The van der Waals surface area contributed by atoms with Gasteiger partial charge in [0.15, 0.2) is 0 Å². The number of hydrogen-bond donors (Lipinski definition) is 1. The first-order chi connectivity index (χ1) is 6.03. The van der Waals surface area contributed by atoms with E-state index in [9.17, 15) is 0 Å². The third kappa shape index (κ3) is 1.72. The van der Waals surface area contributed by atoms with Crippen molar-refractivity contribution in [1.29, 1.82) is 0 Å². The zero-order chi connectivity index (χ0) is 10.1. The second-order valence-corrected chi connectivity index (χ2v) is 3.90. The molecule has 1 aromatic heterocycles. The number of nitrogens with two attached hydrogens (primary N) is 1. The first-order valence-corrected chi connectivity index (χ1v) is 4.63. The third-order valence-electron chi connectivity index (χ3n) is 2.37. The minimum absolute atomic E-state index is 0.0860. The Morgan fingerprint density at radius 2 is 2.00 bits per heavy atom. The van der Waals surface area contributed by atoms with Crippen LogP contribution in [-0.2, 0) is 12.0 Å². The predicted molar refractivity (Wildman–Crippen MR) is 52.5 cm³/mol. The van der Waals surface area contributed by atoms with E-state index >= 15 is 0 Å². The molecule has 0 aliphatic carbocycles. The summed E-state index contributed by atoms with van der Waals surface area (Å²) in [5, 5.41) is 8.22. The van der Waals surface area contributed by atoms with Crippen LogP contribution in [0.15, 0.2) is 0 Å². The average Bonchev–Trinajstić information content (AvgIpc) is 2.47. The normalized spacial score (nSPS) is 12.1. The molecule has 0 bridgehead atoms. The van der Waals surface area contributed by atoms with Crippen molar-refractivity contribution in [2.24, 2.45) is 5.73 Å². The highest BCUT2D eigenvalue weighted by Crippen LogP contribution is 2.20. The Bertz CT molecular complexity index is 288. The second kappa shape index (κ2) is 3.46. The summed E-state index contributed by atoms with van der Waals surface area (Å²) in [5.74, 6) is 1.94. The van der Waals surface area contributed by atoms with Crippen LogP contribution in [0.1, 0.15) is 32.4 Å². The topological polar surface area (TPSA) is 56.7 Å². The Hall–Kier alpha value is -0.900. The van der Waals surface area contributed by atoms with Gasteiger partial charge < -0.3 is 10.3 Å². The SMILES string of the molecule is CCn1c(C)nnc1C(C)(C)CN. The van der Waals surface area contributed by atoms with Gasteiger partial charge in [0.05, 0.1) is 0 Å². The van der Waals surface area contributed by atoms with E-state index in [0.29, 0.717) is 6.54 Å². The number of aryl methyl sites for hydroxylation is 1. The van der Waals surface area contributed by atoms with Crippen molar-refractivity contribution in [2.75, 3.05) is 6.54 Å². The molecule has 0 fully saturated rings. The number of aromatic nitrogens is 3. The van der Waals surface area contributed by atoms with Gasteiger partial charge in [0.25, 0.3) is 0 Å². The van der Waals surface area contributed by atoms with Crippen molar-refractivity contribution in [3.63, 3.8) is 0 Å². The van der Waals surface area contributed by atoms with Gasteiger partial charge in [-0.15, -0.1) is 10.2 Å². The van der Waals surface area contributed by atoms with Gasteiger partial charge in [-0.05, 0) is 13.8 Å². The van der Waals surface area contributed by atoms with E-state index in [2.05, 4.69) is 35.5 Å². The highest BCUT2D eigenvalue weighted by molar-refractivity contribution is 5.07. The van der Waals surface area contributed by atoms with Crippen molar-refractivity contribution < 1.29 is 0 Å². The number of nitrogens with zero attached hydrogens (tertiary/aromatic N) is 3. The molecule has 0 aliphatic heterocycles. The average molecular weight is 182 g/mol. The fourth-order valence-corrected chi connectivity index (χ4v) is 1.35. The fraction of sp³-hybridized carbons (Fsp3) is 0.778. The van der Waals surface area contributed by atoms with Crippen molar-refractivity contribution in [3.8, 4) is 0 Å². The molecular weight excluding hydrogens is 164 g/mol. The maximum Gasteiger partial charge on any atom is 0.139 e.